The molecule has 3 rings (SSSR count). The van der Waals surface area contributed by atoms with E-state index in [1.807, 2.05) is 31.2 Å². The number of aryl methyl sites for hydroxylation is 1. The number of aromatic nitrogens is 1. The number of benzene rings is 1. The predicted molar refractivity (Wildman–Crippen MR) is 122 cm³/mol. The molecular weight excluding hydrogens is 384 g/mol. The van der Waals surface area contributed by atoms with Gasteiger partial charge in [0.15, 0.2) is 5.11 Å². The molecule has 1 saturated heterocycles. The van der Waals surface area contributed by atoms with Crippen LogP contribution in [0.4, 0.5) is 0 Å². The summed E-state index contributed by atoms with van der Waals surface area (Å²) in [6, 6.07) is 8.36. The molecule has 1 fully saturated rings. The van der Waals surface area contributed by atoms with Gasteiger partial charge in [-0.2, -0.15) is 0 Å². The number of ether oxygens (including phenoxy) is 1. The summed E-state index contributed by atoms with van der Waals surface area (Å²) in [7, 11) is 0. The molecule has 1 aliphatic heterocycles. The Morgan fingerprint density at radius 3 is 2.86 bits per heavy atom. The molecule has 6 nitrogen and oxygen atoms in total. The van der Waals surface area contributed by atoms with E-state index < -0.39 is 0 Å². The third-order valence-electron chi connectivity index (χ3n) is 5.59. The van der Waals surface area contributed by atoms with Crippen LogP contribution in [0.5, 0.6) is 0 Å². The summed E-state index contributed by atoms with van der Waals surface area (Å²) in [5.41, 5.74) is 2.67. The van der Waals surface area contributed by atoms with Crippen molar-refractivity contribution in [3.05, 3.63) is 45.7 Å². The zero-order valence-electron chi connectivity index (χ0n) is 17.7. The van der Waals surface area contributed by atoms with E-state index in [2.05, 4.69) is 33.9 Å². The first kappa shape index (κ1) is 21.7. The van der Waals surface area contributed by atoms with Crippen LogP contribution in [0.15, 0.2) is 29.1 Å². The highest BCUT2D eigenvalue weighted by Gasteiger charge is 2.17. The van der Waals surface area contributed by atoms with Crippen LogP contribution in [0.3, 0.4) is 0 Å². The Kier molecular flexibility index (Phi) is 7.64. The number of nitrogens with one attached hydrogen (secondary N) is 2. The van der Waals surface area contributed by atoms with Gasteiger partial charge in [-0.3, -0.25) is 9.69 Å². The third-order valence-corrected chi connectivity index (χ3v) is 5.96. The summed E-state index contributed by atoms with van der Waals surface area (Å²) in [6.45, 7) is 11.9. The number of morpholine rings is 1. The van der Waals surface area contributed by atoms with E-state index in [0.29, 0.717) is 17.7 Å². The van der Waals surface area contributed by atoms with Crippen LogP contribution in [-0.4, -0.2) is 65.3 Å². The van der Waals surface area contributed by atoms with Gasteiger partial charge in [-0.25, -0.2) is 0 Å². The number of hydrogen-bond acceptors (Lipinski definition) is 4. The molecule has 2 heterocycles. The quantitative estimate of drug-likeness (QED) is 0.677. The molecule has 1 aromatic carbocycles. The monoisotopic (exact) mass is 416 g/mol. The van der Waals surface area contributed by atoms with Crippen molar-refractivity contribution in [2.75, 3.05) is 39.4 Å². The minimum Gasteiger partial charge on any atom is -0.379 e. The van der Waals surface area contributed by atoms with Crippen molar-refractivity contribution in [3.63, 3.8) is 0 Å². The standard InChI is InChI=1S/C22H32N4O2S/c1-4-17(3)23-22(29)26(9-8-25-10-12-28-13-11-25)15-19-14-18-7-5-6-16(2)20(18)24-21(19)27/h5-7,14,17H,4,8-13,15H2,1-3H3,(H,23,29)(H,24,27)/t17-/m1/s1. The number of pyridine rings is 1. The summed E-state index contributed by atoms with van der Waals surface area (Å²) in [4.78, 5) is 20.3. The van der Waals surface area contributed by atoms with Gasteiger partial charge >= 0.3 is 0 Å². The van der Waals surface area contributed by atoms with Crippen LogP contribution in [0.1, 0.15) is 31.4 Å². The molecule has 0 saturated carbocycles. The highest BCUT2D eigenvalue weighted by atomic mass is 32.1. The van der Waals surface area contributed by atoms with Crippen LogP contribution in [0, 0.1) is 6.92 Å². The third kappa shape index (κ3) is 5.78. The molecule has 0 amide bonds. The maximum atomic E-state index is 12.8. The van der Waals surface area contributed by atoms with Gasteiger partial charge in [0.25, 0.3) is 5.56 Å². The van der Waals surface area contributed by atoms with E-state index in [-0.39, 0.29) is 5.56 Å². The van der Waals surface area contributed by atoms with Gasteiger partial charge in [-0.15, -0.1) is 0 Å². The van der Waals surface area contributed by atoms with E-state index in [4.69, 9.17) is 17.0 Å². The van der Waals surface area contributed by atoms with Crippen molar-refractivity contribution < 1.29 is 4.74 Å². The molecular formula is C22H32N4O2S. The zero-order chi connectivity index (χ0) is 20.8. The van der Waals surface area contributed by atoms with Crippen LogP contribution >= 0.6 is 12.2 Å². The lowest BCUT2D eigenvalue weighted by molar-refractivity contribution is 0.0357. The Bertz CT molecular complexity index is 892. The predicted octanol–water partition coefficient (Wildman–Crippen LogP) is 2.64. The van der Waals surface area contributed by atoms with Crippen LogP contribution in [0.25, 0.3) is 10.9 Å². The lowest BCUT2D eigenvalue weighted by Crippen LogP contribution is -2.48. The summed E-state index contributed by atoms with van der Waals surface area (Å²) in [5.74, 6) is 0. The van der Waals surface area contributed by atoms with E-state index in [9.17, 15) is 4.79 Å². The number of H-pyrrole nitrogens is 1. The lowest BCUT2D eigenvalue weighted by Gasteiger charge is -2.32. The number of rotatable bonds is 7. The van der Waals surface area contributed by atoms with Crippen LogP contribution < -0.4 is 10.9 Å². The average Bonchev–Trinajstić information content (AvgIpc) is 2.72. The molecule has 0 spiro atoms. The molecule has 0 bridgehead atoms. The Morgan fingerprint density at radius 2 is 2.14 bits per heavy atom. The molecule has 1 atom stereocenters. The first-order valence-corrected chi connectivity index (χ1v) is 10.9. The SMILES string of the molecule is CC[C@@H](C)NC(=S)N(CCN1CCOCC1)Cc1cc2cccc(C)c2[nH]c1=O. The zero-order valence-corrected chi connectivity index (χ0v) is 18.5. The fourth-order valence-electron chi connectivity index (χ4n) is 3.50. The summed E-state index contributed by atoms with van der Waals surface area (Å²) in [6.07, 6.45) is 0.993. The van der Waals surface area contributed by atoms with Crippen molar-refractivity contribution in [2.45, 2.75) is 39.8 Å². The summed E-state index contributed by atoms with van der Waals surface area (Å²) in [5, 5.41) is 5.16. The van der Waals surface area contributed by atoms with E-state index >= 15 is 0 Å². The van der Waals surface area contributed by atoms with Crippen LogP contribution in [-0.2, 0) is 11.3 Å². The van der Waals surface area contributed by atoms with Gasteiger partial charge in [0.2, 0.25) is 0 Å². The Morgan fingerprint density at radius 1 is 1.38 bits per heavy atom. The summed E-state index contributed by atoms with van der Waals surface area (Å²) < 4.78 is 5.44. The van der Waals surface area contributed by atoms with Crippen molar-refractivity contribution in [1.29, 1.82) is 0 Å². The van der Waals surface area contributed by atoms with Crippen LogP contribution in [0.2, 0.25) is 0 Å². The normalized spacial score (nSPS) is 16.0. The van der Waals surface area contributed by atoms with Crippen molar-refractivity contribution in [2.24, 2.45) is 0 Å². The Balaban J connectivity index is 1.79. The molecule has 158 valence electrons. The van der Waals surface area contributed by atoms with E-state index in [0.717, 1.165) is 67.8 Å². The molecule has 0 aliphatic carbocycles. The van der Waals surface area contributed by atoms with Gasteiger partial charge in [0.1, 0.15) is 0 Å². The maximum absolute atomic E-state index is 12.8. The fourth-order valence-corrected chi connectivity index (χ4v) is 3.85. The number of nitrogens with zero attached hydrogens (tertiary/aromatic N) is 2. The fraction of sp³-hybridized carbons (Fsp3) is 0.545. The molecule has 7 heteroatoms. The number of aromatic amines is 1. The topological polar surface area (TPSA) is 60.6 Å². The molecule has 2 N–H and O–H groups in total. The largest absolute Gasteiger partial charge is 0.379 e. The van der Waals surface area contributed by atoms with Gasteiger partial charge in [-0.1, -0.05) is 25.1 Å². The average molecular weight is 417 g/mol. The molecule has 1 aliphatic rings. The lowest BCUT2D eigenvalue weighted by atomic mass is 10.1. The van der Waals surface area contributed by atoms with E-state index in [1.165, 1.54) is 0 Å². The molecule has 0 unspecified atom stereocenters. The van der Waals surface area contributed by atoms with Crippen molar-refractivity contribution in [1.82, 2.24) is 20.1 Å². The molecule has 2 aromatic rings. The highest BCUT2D eigenvalue weighted by Crippen LogP contribution is 2.16. The van der Waals surface area contributed by atoms with Gasteiger partial charge in [0, 0.05) is 37.8 Å². The molecule has 29 heavy (non-hydrogen) atoms. The van der Waals surface area contributed by atoms with E-state index in [1.54, 1.807) is 0 Å². The minimum atomic E-state index is -0.0467. The second-order valence-electron chi connectivity index (χ2n) is 7.80. The molecule has 0 radical (unpaired) electrons. The maximum Gasteiger partial charge on any atom is 0.253 e. The van der Waals surface area contributed by atoms with Crippen molar-refractivity contribution >= 4 is 28.2 Å². The second-order valence-corrected chi connectivity index (χ2v) is 8.18. The second kappa shape index (κ2) is 10.2. The first-order valence-electron chi connectivity index (χ1n) is 10.4. The van der Waals surface area contributed by atoms with Crippen molar-refractivity contribution in [3.8, 4) is 0 Å². The summed E-state index contributed by atoms with van der Waals surface area (Å²) >= 11 is 5.70. The highest BCUT2D eigenvalue weighted by molar-refractivity contribution is 7.80. The number of hydrogen-bond donors (Lipinski definition) is 2. The minimum absolute atomic E-state index is 0.0467. The Hall–Kier alpha value is -1.96. The smallest absolute Gasteiger partial charge is 0.253 e. The first-order chi connectivity index (χ1) is 14.0. The number of thiocarbonyl (C=S) groups is 1. The number of fused-ring (bicyclic) bond motifs is 1. The van der Waals surface area contributed by atoms with Gasteiger partial charge in [-0.05, 0) is 49.5 Å². The molecule has 1 aromatic heterocycles. The Labute approximate surface area is 178 Å². The van der Waals surface area contributed by atoms with Gasteiger partial charge in [0.05, 0.1) is 25.3 Å². The number of para-hydroxylation sites is 1. The van der Waals surface area contributed by atoms with Gasteiger partial charge < -0.3 is 19.9 Å².